The standard InChI is InChI=1S/C24H20ClFN2O5/c1-32-24(31)19-12-20(29)22(33-14-15-5-3-2-4-6-15)21-23(30)27(9-10-28(19)21)13-16-7-8-18(26)17(25)11-16/h2-8,11-12H,9-10,13-14H2,1H3. The lowest BCUT2D eigenvalue weighted by Crippen LogP contribution is -2.43. The third-order valence-electron chi connectivity index (χ3n) is 5.33. The molecule has 33 heavy (non-hydrogen) atoms. The van der Waals surface area contributed by atoms with Crippen LogP contribution in [0, 0.1) is 5.82 Å². The van der Waals surface area contributed by atoms with Crippen LogP contribution in [0.2, 0.25) is 5.02 Å². The van der Waals surface area contributed by atoms with E-state index < -0.39 is 23.1 Å². The van der Waals surface area contributed by atoms with Crippen molar-refractivity contribution in [1.29, 1.82) is 0 Å². The van der Waals surface area contributed by atoms with E-state index in [1.165, 1.54) is 34.8 Å². The number of esters is 1. The monoisotopic (exact) mass is 470 g/mol. The molecule has 9 heteroatoms. The van der Waals surface area contributed by atoms with Gasteiger partial charge in [-0.15, -0.1) is 0 Å². The molecule has 3 aromatic rings. The number of halogens is 2. The number of hydrogen-bond acceptors (Lipinski definition) is 5. The number of benzene rings is 2. The van der Waals surface area contributed by atoms with Crippen molar-refractivity contribution in [2.75, 3.05) is 13.7 Å². The highest BCUT2D eigenvalue weighted by molar-refractivity contribution is 6.30. The van der Waals surface area contributed by atoms with Crippen LogP contribution in [0.15, 0.2) is 59.4 Å². The van der Waals surface area contributed by atoms with Crippen molar-refractivity contribution in [2.24, 2.45) is 0 Å². The molecular weight excluding hydrogens is 451 g/mol. The Morgan fingerprint density at radius 3 is 2.52 bits per heavy atom. The van der Waals surface area contributed by atoms with Gasteiger partial charge in [0.15, 0.2) is 11.4 Å². The minimum Gasteiger partial charge on any atom is -0.483 e. The second-order valence-corrected chi connectivity index (χ2v) is 7.87. The number of nitrogens with zero attached hydrogens (tertiary/aromatic N) is 2. The van der Waals surface area contributed by atoms with Gasteiger partial charge in [0, 0.05) is 25.7 Å². The number of carbonyl (C=O) groups excluding carboxylic acids is 2. The highest BCUT2D eigenvalue weighted by Crippen LogP contribution is 2.26. The molecule has 0 saturated carbocycles. The zero-order valence-electron chi connectivity index (χ0n) is 17.7. The average Bonchev–Trinajstić information content (AvgIpc) is 2.82. The van der Waals surface area contributed by atoms with Crippen LogP contribution >= 0.6 is 11.6 Å². The summed E-state index contributed by atoms with van der Waals surface area (Å²) in [5.74, 6) is -1.91. The summed E-state index contributed by atoms with van der Waals surface area (Å²) in [6, 6.07) is 14.5. The summed E-state index contributed by atoms with van der Waals surface area (Å²) < 4.78 is 25.5. The molecule has 1 aromatic heterocycles. The van der Waals surface area contributed by atoms with E-state index in [2.05, 4.69) is 0 Å². The lowest BCUT2D eigenvalue weighted by molar-refractivity contribution is 0.0574. The molecule has 0 fully saturated rings. The molecule has 0 radical (unpaired) electrons. The van der Waals surface area contributed by atoms with Crippen molar-refractivity contribution < 1.29 is 23.5 Å². The number of hydrogen-bond donors (Lipinski definition) is 0. The van der Waals surface area contributed by atoms with E-state index in [0.29, 0.717) is 5.56 Å². The zero-order chi connectivity index (χ0) is 23.5. The van der Waals surface area contributed by atoms with Crippen LogP contribution in [0.1, 0.15) is 32.1 Å². The van der Waals surface area contributed by atoms with E-state index in [1.807, 2.05) is 30.3 Å². The smallest absolute Gasteiger partial charge is 0.354 e. The molecule has 1 aliphatic rings. The number of methoxy groups -OCH3 is 1. The predicted octanol–water partition coefficient (Wildman–Crippen LogP) is 3.66. The van der Waals surface area contributed by atoms with Crippen LogP contribution in [0.3, 0.4) is 0 Å². The molecule has 7 nitrogen and oxygen atoms in total. The van der Waals surface area contributed by atoms with E-state index in [1.54, 1.807) is 0 Å². The highest BCUT2D eigenvalue weighted by Gasteiger charge is 2.33. The molecule has 0 atom stereocenters. The average molecular weight is 471 g/mol. The van der Waals surface area contributed by atoms with Gasteiger partial charge in [-0.1, -0.05) is 48.0 Å². The van der Waals surface area contributed by atoms with Gasteiger partial charge in [0.25, 0.3) is 5.91 Å². The molecule has 0 N–H and O–H groups in total. The summed E-state index contributed by atoms with van der Waals surface area (Å²) >= 11 is 5.87. The number of carbonyl (C=O) groups is 2. The van der Waals surface area contributed by atoms with E-state index in [0.717, 1.165) is 11.6 Å². The first-order valence-electron chi connectivity index (χ1n) is 10.1. The molecule has 2 heterocycles. The molecule has 4 rings (SSSR count). The van der Waals surface area contributed by atoms with Crippen molar-refractivity contribution in [3.05, 3.63) is 98.2 Å². The summed E-state index contributed by atoms with van der Waals surface area (Å²) in [5.41, 5.74) is 0.786. The number of rotatable bonds is 6. The number of ether oxygens (including phenoxy) is 2. The number of aromatic nitrogens is 1. The van der Waals surface area contributed by atoms with Gasteiger partial charge < -0.3 is 18.9 Å². The molecule has 0 bridgehead atoms. The van der Waals surface area contributed by atoms with Crippen molar-refractivity contribution in [2.45, 2.75) is 19.7 Å². The maximum atomic E-state index is 13.5. The topological polar surface area (TPSA) is 77.8 Å². The second-order valence-electron chi connectivity index (χ2n) is 7.46. The lowest BCUT2D eigenvalue weighted by atomic mass is 10.1. The third-order valence-corrected chi connectivity index (χ3v) is 5.62. The molecule has 0 saturated heterocycles. The number of fused-ring (bicyclic) bond motifs is 1. The van der Waals surface area contributed by atoms with Crippen molar-refractivity contribution in [3.8, 4) is 5.75 Å². The minimum absolute atomic E-state index is 0.0256. The Labute approximate surface area is 193 Å². The molecule has 0 unspecified atom stereocenters. The molecule has 1 amide bonds. The summed E-state index contributed by atoms with van der Waals surface area (Å²) in [5, 5.41) is -0.0477. The van der Waals surface area contributed by atoms with Crippen LogP contribution in [0.25, 0.3) is 0 Å². The fourth-order valence-electron chi connectivity index (χ4n) is 3.70. The fraction of sp³-hybridized carbons (Fsp3) is 0.208. The Morgan fingerprint density at radius 1 is 1.06 bits per heavy atom. The van der Waals surface area contributed by atoms with E-state index in [-0.39, 0.29) is 48.4 Å². The Bertz CT molecular complexity index is 1280. The van der Waals surface area contributed by atoms with E-state index in [4.69, 9.17) is 21.1 Å². The SMILES string of the molecule is COC(=O)c1cc(=O)c(OCc2ccccc2)c2n1CCN(Cc1ccc(F)c(Cl)c1)C2=O. The van der Waals surface area contributed by atoms with Gasteiger partial charge in [-0.3, -0.25) is 9.59 Å². The maximum Gasteiger partial charge on any atom is 0.354 e. The fourth-order valence-corrected chi connectivity index (χ4v) is 3.90. The van der Waals surface area contributed by atoms with Gasteiger partial charge in [0.05, 0.1) is 12.1 Å². The first kappa shape index (κ1) is 22.5. The second kappa shape index (κ2) is 9.46. The first-order valence-corrected chi connectivity index (χ1v) is 10.5. The van der Waals surface area contributed by atoms with E-state index in [9.17, 15) is 18.8 Å². The summed E-state index contributed by atoms with van der Waals surface area (Å²) in [4.78, 5) is 40.1. The normalized spacial score (nSPS) is 12.9. The van der Waals surface area contributed by atoms with Crippen LogP contribution in [0.4, 0.5) is 4.39 Å². The molecule has 0 aliphatic carbocycles. The van der Waals surface area contributed by atoms with Crippen molar-refractivity contribution in [1.82, 2.24) is 9.47 Å². The molecule has 0 spiro atoms. The summed E-state index contributed by atoms with van der Waals surface area (Å²) in [7, 11) is 1.20. The van der Waals surface area contributed by atoms with E-state index >= 15 is 0 Å². The quantitative estimate of drug-likeness (QED) is 0.514. The van der Waals surface area contributed by atoms with Gasteiger partial charge in [-0.05, 0) is 23.3 Å². The van der Waals surface area contributed by atoms with Gasteiger partial charge in [-0.2, -0.15) is 0 Å². The number of pyridine rings is 1. The Balaban J connectivity index is 1.72. The molecule has 1 aliphatic heterocycles. The minimum atomic E-state index is -0.727. The van der Waals surface area contributed by atoms with Crippen molar-refractivity contribution >= 4 is 23.5 Å². The summed E-state index contributed by atoms with van der Waals surface area (Å²) in [6.45, 7) is 0.712. The van der Waals surface area contributed by atoms with Gasteiger partial charge >= 0.3 is 5.97 Å². The maximum absolute atomic E-state index is 13.5. The molecular formula is C24H20ClFN2O5. The Morgan fingerprint density at radius 2 is 1.82 bits per heavy atom. The Hall–Kier alpha value is -3.65. The van der Waals surface area contributed by atoms with Gasteiger partial charge in [-0.25, -0.2) is 9.18 Å². The zero-order valence-corrected chi connectivity index (χ0v) is 18.5. The van der Waals surface area contributed by atoms with Gasteiger partial charge in [0.2, 0.25) is 5.43 Å². The van der Waals surface area contributed by atoms with Gasteiger partial charge in [0.1, 0.15) is 18.1 Å². The first-order chi connectivity index (χ1) is 15.9. The third kappa shape index (κ3) is 4.61. The van der Waals surface area contributed by atoms with Crippen LogP contribution in [0.5, 0.6) is 5.75 Å². The Kier molecular flexibility index (Phi) is 6.46. The largest absolute Gasteiger partial charge is 0.483 e. The van der Waals surface area contributed by atoms with Crippen LogP contribution in [-0.4, -0.2) is 35.0 Å². The summed E-state index contributed by atoms with van der Waals surface area (Å²) in [6.07, 6.45) is 0. The number of amides is 1. The lowest BCUT2D eigenvalue weighted by Gasteiger charge is -2.32. The molecule has 2 aromatic carbocycles. The predicted molar refractivity (Wildman–Crippen MR) is 119 cm³/mol. The van der Waals surface area contributed by atoms with Crippen LogP contribution in [-0.2, 0) is 24.4 Å². The van der Waals surface area contributed by atoms with Crippen LogP contribution < -0.4 is 10.2 Å². The highest BCUT2D eigenvalue weighted by atomic mass is 35.5. The van der Waals surface area contributed by atoms with Crippen molar-refractivity contribution in [3.63, 3.8) is 0 Å². The molecule has 170 valence electrons.